The Morgan fingerprint density at radius 1 is 1.41 bits per heavy atom. The molecule has 1 aromatic carbocycles. The summed E-state index contributed by atoms with van der Waals surface area (Å²) in [4.78, 5) is 4.60. The molecule has 1 aromatic heterocycles. The van der Waals surface area contributed by atoms with Crippen LogP contribution in [0.2, 0.25) is 5.02 Å². The Morgan fingerprint density at radius 2 is 2.18 bits per heavy atom. The number of rotatable bonds is 3. The molecule has 0 saturated heterocycles. The van der Waals surface area contributed by atoms with Crippen LogP contribution in [0, 0.1) is 0 Å². The summed E-state index contributed by atoms with van der Waals surface area (Å²) in [6, 6.07) is 5.98. The number of aryl methyl sites for hydroxylation is 1. The lowest BCUT2D eigenvalue weighted by molar-refractivity contribution is 0.919. The van der Waals surface area contributed by atoms with Crippen molar-refractivity contribution in [3.8, 4) is 0 Å². The highest BCUT2D eigenvalue weighted by Gasteiger charge is 2.09. The van der Waals surface area contributed by atoms with Crippen molar-refractivity contribution in [2.24, 2.45) is 0 Å². The van der Waals surface area contributed by atoms with Gasteiger partial charge in [0, 0.05) is 16.9 Å². The molecule has 4 heteroatoms. The number of benzene rings is 1. The van der Waals surface area contributed by atoms with Gasteiger partial charge in [0.15, 0.2) is 0 Å². The molecule has 2 nitrogen and oxygen atoms in total. The first-order chi connectivity index (χ1) is 8.17. The largest absolute Gasteiger partial charge is 0.373 e. The van der Waals surface area contributed by atoms with E-state index in [4.69, 9.17) is 11.6 Å². The molecule has 0 fully saturated rings. The Morgan fingerprint density at radius 3 is 2.82 bits per heavy atom. The van der Waals surface area contributed by atoms with E-state index in [9.17, 15) is 0 Å². The SMILES string of the molecule is CCCc1cc2c(Br)ccc(Cl)c2nc1NC. The lowest BCUT2D eigenvalue weighted by Gasteiger charge is -2.11. The third-order valence-electron chi connectivity index (χ3n) is 2.72. The molecule has 2 rings (SSSR count). The predicted octanol–water partition coefficient (Wildman–Crippen LogP) is 4.64. The number of anilines is 1. The second-order valence-corrected chi connectivity index (χ2v) is 5.18. The van der Waals surface area contributed by atoms with Gasteiger partial charge in [-0.15, -0.1) is 0 Å². The maximum atomic E-state index is 6.18. The summed E-state index contributed by atoms with van der Waals surface area (Å²) in [5, 5.41) is 4.89. The van der Waals surface area contributed by atoms with Crippen molar-refractivity contribution in [2.75, 3.05) is 12.4 Å². The van der Waals surface area contributed by atoms with E-state index in [1.165, 1.54) is 5.56 Å². The molecule has 0 amide bonds. The fourth-order valence-electron chi connectivity index (χ4n) is 1.91. The number of aromatic nitrogens is 1. The number of pyridine rings is 1. The molecule has 0 unspecified atom stereocenters. The number of nitrogens with zero attached hydrogens (tertiary/aromatic N) is 1. The van der Waals surface area contributed by atoms with Crippen molar-refractivity contribution >= 4 is 44.3 Å². The minimum Gasteiger partial charge on any atom is -0.373 e. The molecule has 1 heterocycles. The van der Waals surface area contributed by atoms with Crippen LogP contribution < -0.4 is 5.32 Å². The van der Waals surface area contributed by atoms with Crippen LogP contribution in [-0.2, 0) is 6.42 Å². The van der Waals surface area contributed by atoms with Gasteiger partial charge in [0.2, 0.25) is 0 Å². The number of fused-ring (bicyclic) bond motifs is 1. The van der Waals surface area contributed by atoms with Crippen LogP contribution in [0.4, 0.5) is 5.82 Å². The monoisotopic (exact) mass is 312 g/mol. The highest BCUT2D eigenvalue weighted by Crippen LogP contribution is 2.31. The van der Waals surface area contributed by atoms with Crippen LogP contribution in [0.15, 0.2) is 22.7 Å². The summed E-state index contributed by atoms with van der Waals surface area (Å²) in [5.41, 5.74) is 2.07. The fourth-order valence-corrected chi connectivity index (χ4v) is 2.55. The van der Waals surface area contributed by atoms with E-state index in [0.29, 0.717) is 5.02 Å². The van der Waals surface area contributed by atoms with Gasteiger partial charge >= 0.3 is 0 Å². The molecule has 17 heavy (non-hydrogen) atoms. The quantitative estimate of drug-likeness (QED) is 0.892. The number of halogens is 2. The molecular formula is C13H14BrClN2. The molecule has 1 N–H and O–H groups in total. The normalized spacial score (nSPS) is 10.8. The first kappa shape index (κ1) is 12.7. The predicted molar refractivity (Wildman–Crippen MR) is 78.0 cm³/mol. The van der Waals surface area contributed by atoms with Crippen molar-refractivity contribution < 1.29 is 0 Å². The molecule has 0 atom stereocenters. The zero-order valence-corrected chi connectivity index (χ0v) is 12.2. The average Bonchev–Trinajstić information content (AvgIpc) is 2.34. The van der Waals surface area contributed by atoms with Crippen molar-refractivity contribution in [3.63, 3.8) is 0 Å². The van der Waals surface area contributed by atoms with Gasteiger partial charge in [-0.25, -0.2) is 4.98 Å². The molecule has 0 aliphatic heterocycles. The lowest BCUT2D eigenvalue weighted by atomic mass is 10.1. The summed E-state index contributed by atoms with van der Waals surface area (Å²) in [7, 11) is 1.89. The third-order valence-corrected chi connectivity index (χ3v) is 3.71. The van der Waals surface area contributed by atoms with Crippen LogP contribution in [0.3, 0.4) is 0 Å². The number of hydrogen-bond donors (Lipinski definition) is 1. The highest BCUT2D eigenvalue weighted by molar-refractivity contribution is 9.10. The van der Waals surface area contributed by atoms with E-state index in [1.807, 2.05) is 19.2 Å². The van der Waals surface area contributed by atoms with Gasteiger partial charge in [-0.3, -0.25) is 0 Å². The van der Waals surface area contributed by atoms with E-state index in [2.05, 4.69) is 39.2 Å². The third kappa shape index (κ3) is 2.40. The van der Waals surface area contributed by atoms with E-state index in [0.717, 1.165) is 34.0 Å². The van der Waals surface area contributed by atoms with Gasteiger partial charge in [0.1, 0.15) is 5.82 Å². The van der Waals surface area contributed by atoms with Gasteiger partial charge in [-0.2, -0.15) is 0 Å². The second-order valence-electron chi connectivity index (χ2n) is 3.92. The maximum absolute atomic E-state index is 6.18. The molecule has 0 aliphatic rings. The Hall–Kier alpha value is -0.800. The van der Waals surface area contributed by atoms with Crippen molar-refractivity contribution in [1.29, 1.82) is 0 Å². The van der Waals surface area contributed by atoms with E-state index in [-0.39, 0.29) is 0 Å². The number of hydrogen-bond acceptors (Lipinski definition) is 2. The zero-order chi connectivity index (χ0) is 12.4. The van der Waals surface area contributed by atoms with Gasteiger partial charge in [-0.05, 0) is 30.2 Å². The lowest BCUT2D eigenvalue weighted by Crippen LogP contribution is -1.99. The minimum absolute atomic E-state index is 0.683. The standard InChI is InChI=1S/C13H14BrClN2/c1-3-4-8-7-9-10(14)5-6-11(15)12(9)17-13(8)16-2/h5-7H,3-4H2,1-2H3,(H,16,17). The second kappa shape index (κ2) is 5.23. The average molecular weight is 314 g/mol. The fraction of sp³-hybridized carbons (Fsp3) is 0.308. The summed E-state index contributed by atoms with van der Waals surface area (Å²) in [6.45, 7) is 2.16. The summed E-state index contributed by atoms with van der Waals surface area (Å²) in [5.74, 6) is 0.916. The molecule has 90 valence electrons. The maximum Gasteiger partial charge on any atom is 0.129 e. The first-order valence-electron chi connectivity index (χ1n) is 5.62. The Labute approximate surface area is 115 Å². The van der Waals surface area contributed by atoms with Gasteiger partial charge in [0.25, 0.3) is 0 Å². The van der Waals surface area contributed by atoms with Gasteiger partial charge in [-0.1, -0.05) is 40.9 Å². The van der Waals surface area contributed by atoms with Gasteiger partial charge in [0.05, 0.1) is 10.5 Å². The molecule has 0 bridgehead atoms. The Kier molecular flexibility index (Phi) is 3.89. The van der Waals surface area contributed by atoms with Crippen molar-refractivity contribution in [3.05, 3.63) is 33.3 Å². The molecule has 0 radical (unpaired) electrons. The van der Waals surface area contributed by atoms with Crippen molar-refractivity contribution in [1.82, 2.24) is 4.98 Å². The minimum atomic E-state index is 0.683. The van der Waals surface area contributed by atoms with Crippen LogP contribution >= 0.6 is 27.5 Å². The van der Waals surface area contributed by atoms with E-state index in [1.54, 1.807) is 0 Å². The molecule has 0 spiro atoms. The highest BCUT2D eigenvalue weighted by atomic mass is 79.9. The zero-order valence-electron chi connectivity index (χ0n) is 9.85. The Balaban J connectivity index is 2.73. The molecular weight excluding hydrogens is 300 g/mol. The molecule has 2 aromatic rings. The van der Waals surface area contributed by atoms with E-state index >= 15 is 0 Å². The first-order valence-corrected chi connectivity index (χ1v) is 6.79. The van der Waals surface area contributed by atoms with Crippen LogP contribution in [0.1, 0.15) is 18.9 Å². The van der Waals surface area contributed by atoms with Gasteiger partial charge < -0.3 is 5.32 Å². The van der Waals surface area contributed by atoms with Crippen molar-refractivity contribution in [2.45, 2.75) is 19.8 Å². The topological polar surface area (TPSA) is 24.9 Å². The molecule has 0 aliphatic carbocycles. The summed E-state index contributed by atoms with van der Waals surface area (Å²) >= 11 is 9.72. The van der Waals surface area contributed by atoms with E-state index < -0.39 is 0 Å². The summed E-state index contributed by atoms with van der Waals surface area (Å²) in [6.07, 6.45) is 2.11. The molecule has 0 saturated carbocycles. The smallest absolute Gasteiger partial charge is 0.129 e. The summed E-state index contributed by atoms with van der Waals surface area (Å²) < 4.78 is 1.03. The number of nitrogens with one attached hydrogen (secondary N) is 1. The van der Waals surface area contributed by atoms with Crippen LogP contribution in [0.25, 0.3) is 10.9 Å². The van der Waals surface area contributed by atoms with Crippen LogP contribution in [0.5, 0.6) is 0 Å². The Bertz CT molecular complexity index is 555. The van der Waals surface area contributed by atoms with Crippen LogP contribution in [-0.4, -0.2) is 12.0 Å².